The van der Waals surface area contributed by atoms with Gasteiger partial charge in [-0.25, -0.2) is 14.2 Å². The molecular weight excluding hydrogens is 290 g/mol. The zero-order valence-corrected chi connectivity index (χ0v) is 12.7. The Hall–Kier alpha value is -2.14. The first-order valence-electron chi connectivity index (χ1n) is 6.83. The van der Waals surface area contributed by atoms with Crippen LogP contribution in [0.3, 0.4) is 0 Å². The first-order valence-corrected chi connectivity index (χ1v) is 7.21. The van der Waals surface area contributed by atoms with Crippen LogP contribution in [0.4, 0.5) is 0 Å². The molecule has 0 unspecified atom stereocenters. The van der Waals surface area contributed by atoms with E-state index in [4.69, 9.17) is 11.6 Å². The summed E-state index contributed by atoms with van der Waals surface area (Å²) in [5.74, 6) is 0. The lowest BCUT2D eigenvalue weighted by molar-refractivity contribution is 0.111. The van der Waals surface area contributed by atoms with E-state index in [1.807, 2.05) is 32.1 Å². The normalized spacial score (nSPS) is 13.6. The number of imidazole rings is 1. The maximum Gasteiger partial charge on any atom is 0.340 e. The molecule has 3 rings (SSSR count). The number of carbonyl (C=O) groups is 1. The van der Waals surface area contributed by atoms with E-state index in [0.29, 0.717) is 17.6 Å². The second kappa shape index (κ2) is 6.54. The van der Waals surface area contributed by atoms with Crippen LogP contribution in [-0.2, 0) is 0 Å². The molecule has 2 aromatic rings. The maximum absolute atomic E-state index is 12.5. The van der Waals surface area contributed by atoms with E-state index in [9.17, 15) is 9.59 Å². The SMILES string of the molecule is CC.O=Cc1cc2ncc(Cl)n2c(=O)n1C1=CCCC=C1. The summed E-state index contributed by atoms with van der Waals surface area (Å²) in [6.07, 6.45) is 9.53. The predicted molar refractivity (Wildman–Crippen MR) is 83.8 cm³/mol. The zero-order chi connectivity index (χ0) is 15.4. The molecule has 6 heteroatoms. The quantitative estimate of drug-likeness (QED) is 0.801. The Morgan fingerprint density at radius 3 is 2.71 bits per heavy atom. The van der Waals surface area contributed by atoms with E-state index in [2.05, 4.69) is 4.98 Å². The largest absolute Gasteiger partial charge is 0.340 e. The fourth-order valence-electron chi connectivity index (χ4n) is 2.15. The van der Waals surface area contributed by atoms with Gasteiger partial charge in [0, 0.05) is 11.8 Å². The summed E-state index contributed by atoms with van der Waals surface area (Å²) < 4.78 is 2.63. The first-order chi connectivity index (χ1) is 10.2. The van der Waals surface area contributed by atoms with Crippen LogP contribution in [-0.4, -0.2) is 20.2 Å². The highest BCUT2D eigenvalue weighted by atomic mass is 35.5. The van der Waals surface area contributed by atoms with Crippen LogP contribution in [0, 0.1) is 0 Å². The summed E-state index contributed by atoms with van der Waals surface area (Å²) in [6.45, 7) is 4.00. The second-order valence-electron chi connectivity index (χ2n) is 4.19. The molecular formula is C15H16ClN3O2. The molecule has 0 atom stereocenters. The van der Waals surface area contributed by atoms with Crippen LogP contribution >= 0.6 is 11.6 Å². The second-order valence-corrected chi connectivity index (χ2v) is 4.58. The van der Waals surface area contributed by atoms with Gasteiger partial charge in [0.15, 0.2) is 6.29 Å². The smallest absolute Gasteiger partial charge is 0.296 e. The van der Waals surface area contributed by atoms with Crippen LogP contribution in [0.1, 0.15) is 37.2 Å². The van der Waals surface area contributed by atoms with Gasteiger partial charge in [-0.2, -0.15) is 0 Å². The number of hydrogen-bond donors (Lipinski definition) is 0. The molecule has 2 heterocycles. The van der Waals surface area contributed by atoms with Crippen molar-refractivity contribution >= 4 is 29.2 Å². The highest BCUT2D eigenvalue weighted by Crippen LogP contribution is 2.17. The number of aromatic nitrogens is 3. The monoisotopic (exact) mass is 305 g/mol. The molecule has 0 N–H and O–H groups in total. The predicted octanol–water partition coefficient (Wildman–Crippen LogP) is 3.18. The molecule has 0 aromatic carbocycles. The summed E-state index contributed by atoms with van der Waals surface area (Å²) in [5, 5.41) is 0.228. The third kappa shape index (κ3) is 2.69. The van der Waals surface area contributed by atoms with Crippen molar-refractivity contribution in [1.82, 2.24) is 14.0 Å². The number of hydrogen-bond acceptors (Lipinski definition) is 3. The van der Waals surface area contributed by atoms with Crippen molar-refractivity contribution in [2.24, 2.45) is 0 Å². The third-order valence-corrected chi connectivity index (χ3v) is 3.28. The van der Waals surface area contributed by atoms with Crippen molar-refractivity contribution in [1.29, 1.82) is 0 Å². The summed E-state index contributed by atoms with van der Waals surface area (Å²) in [6, 6.07) is 1.55. The van der Waals surface area contributed by atoms with Gasteiger partial charge in [0.25, 0.3) is 0 Å². The van der Waals surface area contributed by atoms with Crippen molar-refractivity contribution in [2.75, 3.05) is 0 Å². The molecule has 2 aromatic heterocycles. The average molecular weight is 306 g/mol. The Morgan fingerprint density at radius 2 is 2.10 bits per heavy atom. The van der Waals surface area contributed by atoms with E-state index in [-0.39, 0.29) is 16.5 Å². The number of nitrogens with zero attached hydrogens (tertiary/aromatic N) is 3. The van der Waals surface area contributed by atoms with E-state index in [1.54, 1.807) is 6.07 Å². The van der Waals surface area contributed by atoms with Gasteiger partial charge in [-0.05, 0) is 18.9 Å². The molecule has 1 aliphatic rings. The molecule has 0 fully saturated rings. The fourth-order valence-corrected chi connectivity index (χ4v) is 2.36. The maximum atomic E-state index is 12.5. The van der Waals surface area contributed by atoms with E-state index in [1.165, 1.54) is 15.2 Å². The Bertz CT molecular complexity index is 784. The van der Waals surface area contributed by atoms with Crippen LogP contribution in [0.25, 0.3) is 11.3 Å². The van der Waals surface area contributed by atoms with Crippen molar-refractivity contribution < 1.29 is 4.79 Å². The molecule has 110 valence electrons. The number of aldehydes is 1. The number of halogens is 1. The molecule has 0 bridgehead atoms. The summed E-state index contributed by atoms with van der Waals surface area (Å²) in [5.41, 5.74) is 0.927. The zero-order valence-electron chi connectivity index (χ0n) is 11.9. The van der Waals surface area contributed by atoms with Gasteiger partial charge in [-0.1, -0.05) is 37.6 Å². The Kier molecular flexibility index (Phi) is 4.75. The highest BCUT2D eigenvalue weighted by molar-refractivity contribution is 6.29. The summed E-state index contributed by atoms with van der Waals surface area (Å²) in [4.78, 5) is 27.6. The number of fused-ring (bicyclic) bond motifs is 1. The lowest BCUT2D eigenvalue weighted by Gasteiger charge is -2.13. The molecule has 0 saturated carbocycles. The summed E-state index contributed by atoms with van der Waals surface area (Å²) >= 11 is 5.95. The van der Waals surface area contributed by atoms with Crippen LogP contribution < -0.4 is 5.69 Å². The topological polar surface area (TPSA) is 56.4 Å². The standard InChI is InChI=1S/C13H10ClN3O2.C2H6/c14-11-7-15-12-6-10(8-18)16(13(19)17(11)12)9-4-2-1-3-5-9;1-2/h2,4-8H,1,3H2;1-2H3. The first kappa shape index (κ1) is 15.3. The Balaban J connectivity index is 0.000000774. The molecule has 21 heavy (non-hydrogen) atoms. The molecule has 0 aliphatic heterocycles. The van der Waals surface area contributed by atoms with E-state index < -0.39 is 0 Å². The summed E-state index contributed by atoms with van der Waals surface area (Å²) in [7, 11) is 0. The Labute approximate surface area is 127 Å². The van der Waals surface area contributed by atoms with Crippen molar-refractivity contribution in [3.63, 3.8) is 0 Å². The van der Waals surface area contributed by atoms with Crippen molar-refractivity contribution in [2.45, 2.75) is 26.7 Å². The van der Waals surface area contributed by atoms with E-state index in [0.717, 1.165) is 12.8 Å². The van der Waals surface area contributed by atoms with E-state index >= 15 is 0 Å². The lowest BCUT2D eigenvalue weighted by Crippen LogP contribution is -2.28. The average Bonchev–Trinajstić information content (AvgIpc) is 2.91. The fraction of sp³-hybridized carbons (Fsp3) is 0.267. The molecule has 5 nitrogen and oxygen atoms in total. The minimum absolute atomic E-state index is 0.228. The van der Waals surface area contributed by atoms with Crippen LogP contribution in [0.2, 0.25) is 5.15 Å². The highest BCUT2D eigenvalue weighted by Gasteiger charge is 2.14. The van der Waals surface area contributed by atoms with Crippen LogP contribution in [0.5, 0.6) is 0 Å². The molecule has 0 spiro atoms. The van der Waals surface area contributed by atoms with Gasteiger partial charge < -0.3 is 0 Å². The van der Waals surface area contributed by atoms with Gasteiger partial charge in [0.2, 0.25) is 0 Å². The van der Waals surface area contributed by atoms with Gasteiger partial charge in [0.1, 0.15) is 10.8 Å². The molecule has 0 saturated heterocycles. The number of allylic oxidation sites excluding steroid dienone is 4. The van der Waals surface area contributed by atoms with Crippen molar-refractivity contribution in [3.05, 3.63) is 51.8 Å². The van der Waals surface area contributed by atoms with Gasteiger partial charge >= 0.3 is 5.69 Å². The van der Waals surface area contributed by atoms with Gasteiger partial charge in [-0.15, -0.1) is 0 Å². The van der Waals surface area contributed by atoms with Crippen molar-refractivity contribution in [3.8, 4) is 0 Å². The third-order valence-electron chi connectivity index (χ3n) is 3.02. The Morgan fingerprint density at radius 1 is 1.33 bits per heavy atom. The lowest BCUT2D eigenvalue weighted by atomic mass is 10.1. The molecule has 1 aliphatic carbocycles. The van der Waals surface area contributed by atoms with Gasteiger partial charge in [0.05, 0.1) is 11.9 Å². The minimum Gasteiger partial charge on any atom is -0.296 e. The molecule has 0 amide bonds. The van der Waals surface area contributed by atoms with Crippen LogP contribution in [0.15, 0.2) is 35.3 Å². The number of rotatable bonds is 2. The minimum atomic E-state index is -0.389. The number of carbonyl (C=O) groups excluding carboxylic acids is 1. The molecule has 0 radical (unpaired) electrons. The van der Waals surface area contributed by atoms with Gasteiger partial charge in [-0.3, -0.25) is 9.36 Å².